The number of hydrogen-bond acceptors (Lipinski definition) is 8. The van der Waals surface area contributed by atoms with Crippen LogP contribution in [0.4, 0.5) is 5.13 Å². The highest BCUT2D eigenvalue weighted by molar-refractivity contribution is 7.13. The van der Waals surface area contributed by atoms with Crippen LogP contribution in [-0.2, 0) is 29.4 Å². The first-order valence-corrected chi connectivity index (χ1v) is 10.00. The monoisotopic (exact) mass is 394 g/mol. The molecule has 2 fully saturated rings. The summed E-state index contributed by atoms with van der Waals surface area (Å²) in [6.07, 6.45) is 1.82. The summed E-state index contributed by atoms with van der Waals surface area (Å²) in [4.78, 5) is 29.8. The molecule has 1 spiro atoms. The molecule has 0 bridgehead atoms. The van der Waals surface area contributed by atoms with Crippen molar-refractivity contribution in [3.8, 4) is 0 Å². The Labute approximate surface area is 163 Å². The fourth-order valence-electron chi connectivity index (χ4n) is 3.50. The van der Waals surface area contributed by atoms with E-state index in [0.717, 1.165) is 5.13 Å². The third-order valence-corrected chi connectivity index (χ3v) is 5.59. The van der Waals surface area contributed by atoms with Gasteiger partial charge in [-0.2, -0.15) is 0 Å². The molecule has 1 N–H and O–H groups in total. The van der Waals surface area contributed by atoms with Gasteiger partial charge in [0.05, 0.1) is 12.3 Å². The maximum atomic E-state index is 12.7. The minimum Gasteiger partial charge on any atom is -0.459 e. The van der Waals surface area contributed by atoms with E-state index in [9.17, 15) is 9.59 Å². The number of ether oxygens (including phenoxy) is 3. The molecule has 3 heterocycles. The highest BCUT2D eigenvalue weighted by Crippen LogP contribution is 2.52. The lowest BCUT2D eigenvalue weighted by molar-refractivity contribution is -0.160. The number of hydrogen-bond donors (Lipinski definition) is 1. The van der Waals surface area contributed by atoms with Gasteiger partial charge in [0.2, 0.25) is 0 Å². The van der Waals surface area contributed by atoms with Crippen LogP contribution < -0.4 is 5.32 Å². The maximum absolute atomic E-state index is 12.7. The fourth-order valence-corrected chi connectivity index (χ4v) is 4.35. The SMILES string of the molecule is C=CCNc1nc([C@]2(C)C[C@@]3(C[C@@H](COCC(C)C)OC3=O)C(=O)O2)cs1. The van der Waals surface area contributed by atoms with Crippen LogP contribution in [0.15, 0.2) is 18.0 Å². The van der Waals surface area contributed by atoms with E-state index in [2.05, 4.69) is 16.9 Å². The summed E-state index contributed by atoms with van der Waals surface area (Å²) in [5.74, 6) is -0.658. The van der Waals surface area contributed by atoms with Gasteiger partial charge < -0.3 is 19.5 Å². The van der Waals surface area contributed by atoms with Crippen molar-refractivity contribution in [2.45, 2.75) is 45.3 Å². The normalized spacial score (nSPS) is 30.0. The summed E-state index contributed by atoms with van der Waals surface area (Å²) >= 11 is 1.42. The lowest BCUT2D eigenvalue weighted by Gasteiger charge is -2.20. The molecule has 148 valence electrons. The van der Waals surface area contributed by atoms with Gasteiger partial charge in [-0.05, 0) is 12.8 Å². The summed E-state index contributed by atoms with van der Waals surface area (Å²) in [6.45, 7) is 11.0. The first-order chi connectivity index (χ1) is 12.8. The quantitative estimate of drug-likeness (QED) is 0.412. The van der Waals surface area contributed by atoms with E-state index in [0.29, 0.717) is 31.4 Å². The topological polar surface area (TPSA) is 86.8 Å². The summed E-state index contributed by atoms with van der Waals surface area (Å²) in [7, 11) is 0. The number of rotatable bonds is 8. The second-order valence-electron chi connectivity index (χ2n) is 7.75. The van der Waals surface area contributed by atoms with Gasteiger partial charge in [-0.1, -0.05) is 19.9 Å². The average Bonchev–Trinajstić information content (AvgIpc) is 3.25. The van der Waals surface area contributed by atoms with Crippen LogP contribution in [0.25, 0.3) is 0 Å². The minimum absolute atomic E-state index is 0.225. The van der Waals surface area contributed by atoms with Gasteiger partial charge in [0, 0.05) is 31.4 Å². The van der Waals surface area contributed by atoms with Crippen LogP contribution in [0.2, 0.25) is 0 Å². The maximum Gasteiger partial charge on any atom is 0.324 e. The Bertz CT molecular complexity index is 733. The molecule has 0 saturated carbocycles. The molecule has 2 aliphatic heterocycles. The van der Waals surface area contributed by atoms with Gasteiger partial charge in [-0.15, -0.1) is 17.9 Å². The zero-order chi connectivity index (χ0) is 19.7. The standard InChI is InChI=1S/C19H26N2O5S/c1-5-6-20-17-21-14(10-27-17)18(4)11-19(16(23)26-18)7-13(25-15(19)22)9-24-8-12(2)3/h5,10,12-13H,1,6-9,11H2,2-4H3,(H,20,21)/t13-,18-,19+/m0/s1. The number of nitrogens with one attached hydrogen (secondary N) is 1. The zero-order valence-electron chi connectivity index (χ0n) is 15.9. The molecule has 8 heteroatoms. The number of cyclic esters (lactones) is 2. The molecule has 0 amide bonds. The Morgan fingerprint density at radius 2 is 2.26 bits per heavy atom. The second kappa shape index (κ2) is 7.59. The number of carbonyl (C=O) groups excluding carboxylic acids is 2. The Morgan fingerprint density at radius 1 is 1.48 bits per heavy atom. The summed E-state index contributed by atoms with van der Waals surface area (Å²) < 4.78 is 16.7. The van der Waals surface area contributed by atoms with Crippen LogP contribution in [0, 0.1) is 11.3 Å². The highest BCUT2D eigenvalue weighted by atomic mass is 32.1. The Kier molecular flexibility index (Phi) is 5.58. The molecule has 0 aliphatic carbocycles. The minimum atomic E-state index is -1.26. The number of thiazole rings is 1. The van der Waals surface area contributed by atoms with E-state index >= 15 is 0 Å². The first-order valence-electron chi connectivity index (χ1n) is 9.12. The van der Waals surface area contributed by atoms with Crippen molar-refractivity contribution in [1.29, 1.82) is 0 Å². The van der Waals surface area contributed by atoms with Crippen LogP contribution in [0.3, 0.4) is 0 Å². The third kappa shape index (κ3) is 3.87. The van der Waals surface area contributed by atoms with Crippen molar-refractivity contribution in [1.82, 2.24) is 4.98 Å². The van der Waals surface area contributed by atoms with E-state index < -0.39 is 29.1 Å². The van der Waals surface area contributed by atoms with Crippen molar-refractivity contribution in [3.05, 3.63) is 23.7 Å². The number of esters is 2. The van der Waals surface area contributed by atoms with Crippen LogP contribution in [0.1, 0.15) is 39.3 Å². The Morgan fingerprint density at radius 3 is 2.96 bits per heavy atom. The van der Waals surface area contributed by atoms with Gasteiger partial charge in [-0.3, -0.25) is 9.59 Å². The third-order valence-electron chi connectivity index (χ3n) is 4.79. The van der Waals surface area contributed by atoms with Gasteiger partial charge >= 0.3 is 11.9 Å². The molecule has 0 unspecified atom stereocenters. The number of carbonyl (C=O) groups is 2. The van der Waals surface area contributed by atoms with Crippen LogP contribution in [0.5, 0.6) is 0 Å². The van der Waals surface area contributed by atoms with Gasteiger partial charge in [0.1, 0.15) is 6.10 Å². The van der Waals surface area contributed by atoms with E-state index in [1.807, 2.05) is 19.2 Å². The Balaban J connectivity index is 1.71. The largest absolute Gasteiger partial charge is 0.459 e. The van der Waals surface area contributed by atoms with E-state index in [-0.39, 0.29) is 12.8 Å². The number of anilines is 1. The second-order valence-corrected chi connectivity index (χ2v) is 8.61. The molecular weight excluding hydrogens is 368 g/mol. The molecule has 1 aromatic heterocycles. The number of nitrogens with zero attached hydrogens (tertiary/aromatic N) is 1. The number of aromatic nitrogens is 1. The lowest BCUT2D eigenvalue weighted by atomic mass is 9.78. The fraction of sp³-hybridized carbons (Fsp3) is 0.632. The molecule has 0 aromatic carbocycles. The molecule has 0 radical (unpaired) electrons. The van der Waals surface area contributed by atoms with E-state index in [1.54, 1.807) is 13.0 Å². The molecule has 27 heavy (non-hydrogen) atoms. The van der Waals surface area contributed by atoms with Crippen molar-refractivity contribution in [3.63, 3.8) is 0 Å². The lowest BCUT2D eigenvalue weighted by Crippen LogP contribution is -2.32. The van der Waals surface area contributed by atoms with Crippen molar-refractivity contribution < 1.29 is 23.8 Å². The summed E-state index contributed by atoms with van der Waals surface area (Å²) in [5, 5.41) is 5.68. The van der Waals surface area contributed by atoms with Gasteiger partial charge in [-0.25, -0.2) is 4.98 Å². The molecule has 2 saturated heterocycles. The predicted molar refractivity (Wildman–Crippen MR) is 101 cm³/mol. The van der Waals surface area contributed by atoms with Crippen LogP contribution >= 0.6 is 11.3 Å². The van der Waals surface area contributed by atoms with E-state index in [1.165, 1.54) is 11.3 Å². The van der Waals surface area contributed by atoms with Crippen molar-refractivity contribution >= 4 is 28.4 Å². The average molecular weight is 394 g/mol. The van der Waals surface area contributed by atoms with Crippen molar-refractivity contribution in [2.24, 2.45) is 11.3 Å². The smallest absolute Gasteiger partial charge is 0.324 e. The molecule has 3 rings (SSSR count). The Hall–Kier alpha value is -1.93. The van der Waals surface area contributed by atoms with Gasteiger partial charge in [0.15, 0.2) is 16.1 Å². The zero-order valence-corrected chi connectivity index (χ0v) is 16.8. The molecule has 1 aromatic rings. The van der Waals surface area contributed by atoms with Crippen LogP contribution in [-0.4, -0.2) is 42.8 Å². The predicted octanol–water partition coefficient (Wildman–Crippen LogP) is 2.88. The molecule has 2 aliphatic rings. The summed E-state index contributed by atoms with van der Waals surface area (Å²) in [5.41, 5.74) is -1.58. The summed E-state index contributed by atoms with van der Waals surface area (Å²) in [6, 6.07) is 0. The molecular formula is C19H26N2O5S. The molecule has 3 atom stereocenters. The van der Waals surface area contributed by atoms with Gasteiger partial charge in [0.25, 0.3) is 0 Å². The molecule has 7 nitrogen and oxygen atoms in total. The van der Waals surface area contributed by atoms with E-state index in [4.69, 9.17) is 14.2 Å². The van der Waals surface area contributed by atoms with Crippen molar-refractivity contribution in [2.75, 3.05) is 25.1 Å². The first kappa shape index (κ1) is 19.8. The highest BCUT2D eigenvalue weighted by Gasteiger charge is 2.65.